The van der Waals surface area contributed by atoms with E-state index in [1.807, 2.05) is 0 Å². The summed E-state index contributed by atoms with van der Waals surface area (Å²) in [5, 5.41) is 10.1. The summed E-state index contributed by atoms with van der Waals surface area (Å²) >= 11 is 0. The molecule has 0 heterocycles. The van der Waals surface area contributed by atoms with Gasteiger partial charge in [-0.3, -0.25) is 10.0 Å². The number of carbonyl (C=O) groups is 1. The normalized spacial score (nSPS) is 12.8. The van der Waals surface area contributed by atoms with Crippen molar-refractivity contribution in [3.8, 4) is 11.5 Å². The molecule has 7 heteroatoms. The fourth-order valence-corrected chi connectivity index (χ4v) is 2.17. The first-order chi connectivity index (χ1) is 12.2. The topological polar surface area (TPSA) is 49.8 Å². The summed E-state index contributed by atoms with van der Waals surface area (Å²) in [6.45, 7) is 2.88. The molecule has 138 valence electrons. The molecular formula is C19H18F3NO3. The number of ether oxygens (including phenoxy) is 1. The number of hydroxylamine groups is 2. The van der Waals surface area contributed by atoms with Gasteiger partial charge in [-0.2, -0.15) is 13.2 Å². The van der Waals surface area contributed by atoms with Crippen molar-refractivity contribution in [1.82, 2.24) is 5.06 Å². The number of nitrogens with zero attached hydrogens (tertiary/aromatic N) is 1. The monoisotopic (exact) mass is 365 g/mol. The molecule has 0 radical (unpaired) electrons. The van der Waals surface area contributed by atoms with Gasteiger partial charge in [-0.25, -0.2) is 5.06 Å². The largest absolute Gasteiger partial charge is 0.457 e. The van der Waals surface area contributed by atoms with E-state index in [0.717, 1.165) is 12.1 Å². The third kappa shape index (κ3) is 5.35. The SMILES string of the molecule is CC(=O)N(O)C(C)C=Cc1cccc(Oc2cccc(C(F)(F)F)c2)c1. The number of hydrogen-bond acceptors (Lipinski definition) is 3. The lowest BCUT2D eigenvalue weighted by atomic mass is 10.1. The predicted octanol–water partition coefficient (Wildman–Crippen LogP) is 5.14. The van der Waals surface area contributed by atoms with E-state index < -0.39 is 23.7 Å². The van der Waals surface area contributed by atoms with Gasteiger partial charge in [0, 0.05) is 6.92 Å². The van der Waals surface area contributed by atoms with Crippen molar-refractivity contribution >= 4 is 12.0 Å². The predicted molar refractivity (Wildman–Crippen MR) is 90.8 cm³/mol. The van der Waals surface area contributed by atoms with Gasteiger partial charge in [-0.15, -0.1) is 0 Å². The fourth-order valence-electron chi connectivity index (χ4n) is 2.17. The van der Waals surface area contributed by atoms with Gasteiger partial charge in [0.1, 0.15) is 11.5 Å². The van der Waals surface area contributed by atoms with Crippen LogP contribution in [0.2, 0.25) is 0 Å². The summed E-state index contributed by atoms with van der Waals surface area (Å²) in [6.07, 6.45) is -1.15. The van der Waals surface area contributed by atoms with Gasteiger partial charge >= 0.3 is 6.18 Å². The lowest BCUT2D eigenvalue weighted by Crippen LogP contribution is -2.32. The van der Waals surface area contributed by atoms with Crippen molar-refractivity contribution in [2.75, 3.05) is 0 Å². The Balaban J connectivity index is 2.14. The smallest absolute Gasteiger partial charge is 0.416 e. The number of hydrogen-bond donors (Lipinski definition) is 1. The van der Waals surface area contributed by atoms with Crippen LogP contribution in [0.15, 0.2) is 54.6 Å². The molecule has 26 heavy (non-hydrogen) atoms. The molecule has 0 bridgehead atoms. The number of halogens is 3. The van der Waals surface area contributed by atoms with Gasteiger partial charge in [0.2, 0.25) is 5.91 Å². The van der Waals surface area contributed by atoms with Crippen LogP contribution in [0.3, 0.4) is 0 Å². The number of alkyl halides is 3. The molecule has 0 aliphatic heterocycles. The molecule has 2 rings (SSSR count). The molecule has 2 aromatic rings. The second-order valence-electron chi connectivity index (χ2n) is 5.66. The zero-order chi connectivity index (χ0) is 19.3. The van der Waals surface area contributed by atoms with Crippen LogP contribution in [0.4, 0.5) is 13.2 Å². The number of amides is 1. The van der Waals surface area contributed by atoms with E-state index in [-0.39, 0.29) is 5.75 Å². The first kappa shape index (κ1) is 19.5. The second-order valence-corrected chi connectivity index (χ2v) is 5.66. The third-order valence-corrected chi connectivity index (χ3v) is 3.53. The maximum Gasteiger partial charge on any atom is 0.416 e. The summed E-state index contributed by atoms with van der Waals surface area (Å²) in [7, 11) is 0. The molecule has 1 amide bonds. The number of rotatable bonds is 5. The van der Waals surface area contributed by atoms with Gasteiger partial charge in [0.25, 0.3) is 0 Å². The highest BCUT2D eigenvalue weighted by Gasteiger charge is 2.30. The Labute approximate surface area is 149 Å². The maximum absolute atomic E-state index is 12.8. The molecule has 0 aromatic heterocycles. The van der Waals surface area contributed by atoms with E-state index in [1.165, 1.54) is 19.1 Å². The van der Waals surface area contributed by atoms with Crippen LogP contribution in [-0.2, 0) is 11.0 Å². The Morgan fingerprint density at radius 2 is 1.77 bits per heavy atom. The summed E-state index contributed by atoms with van der Waals surface area (Å²) in [4.78, 5) is 11.1. The Bertz CT molecular complexity index is 803. The van der Waals surface area contributed by atoms with E-state index in [1.54, 1.807) is 43.3 Å². The van der Waals surface area contributed by atoms with Crippen LogP contribution < -0.4 is 4.74 Å². The molecule has 0 saturated heterocycles. The molecular weight excluding hydrogens is 347 g/mol. The highest BCUT2D eigenvalue weighted by atomic mass is 19.4. The van der Waals surface area contributed by atoms with Crippen molar-refractivity contribution in [1.29, 1.82) is 0 Å². The van der Waals surface area contributed by atoms with Crippen LogP contribution in [0.5, 0.6) is 11.5 Å². The van der Waals surface area contributed by atoms with Crippen molar-refractivity contribution in [3.05, 3.63) is 65.7 Å². The molecule has 1 N–H and O–H groups in total. The average Bonchev–Trinajstić information content (AvgIpc) is 2.58. The van der Waals surface area contributed by atoms with Gasteiger partial charge in [-0.1, -0.05) is 30.4 Å². The molecule has 0 aliphatic carbocycles. The van der Waals surface area contributed by atoms with Crippen molar-refractivity contribution in [3.63, 3.8) is 0 Å². The highest BCUT2D eigenvalue weighted by molar-refractivity contribution is 5.72. The number of carbonyl (C=O) groups excluding carboxylic acids is 1. The zero-order valence-corrected chi connectivity index (χ0v) is 14.2. The molecule has 0 fully saturated rings. The summed E-state index contributed by atoms with van der Waals surface area (Å²) in [5.74, 6) is -0.0391. The van der Waals surface area contributed by atoms with Gasteiger partial charge < -0.3 is 4.74 Å². The quantitative estimate of drug-likeness (QED) is 0.590. The standard InChI is InChI=1S/C19H18F3NO3/c1-13(23(25)14(2)24)9-10-15-5-3-7-17(11-15)26-18-8-4-6-16(12-18)19(20,21)22/h3-13,25H,1-2H3. The lowest BCUT2D eigenvalue weighted by Gasteiger charge is -2.17. The van der Waals surface area contributed by atoms with Gasteiger partial charge in [0.05, 0.1) is 11.6 Å². The Morgan fingerprint density at radius 1 is 1.15 bits per heavy atom. The van der Waals surface area contributed by atoms with Crippen molar-refractivity contribution < 1.29 is 27.9 Å². The van der Waals surface area contributed by atoms with E-state index >= 15 is 0 Å². The molecule has 1 atom stereocenters. The van der Waals surface area contributed by atoms with Crippen molar-refractivity contribution in [2.24, 2.45) is 0 Å². The molecule has 4 nitrogen and oxygen atoms in total. The van der Waals surface area contributed by atoms with Crippen LogP contribution in [0.25, 0.3) is 6.08 Å². The zero-order valence-electron chi connectivity index (χ0n) is 14.2. The molecule has 0 saturated carbocycles. The van der Waals surface area contributed by atoms with Gasteiger partial charge in [-0.05, 0) is 42.8 Å². The van der Waals surface area contributed by atoms with E-state index in [4.69, 9.17) is 4.74 Å². The summed E-state index contributed by atoms with van der Waals surface area (Å²) in [6, 6.07) is 10.8. The Morgan fingerprint density at radius 3 is 2.38 bits per heavy atom. The Hall–Kier alpha value is -2.80. The maximum atomic E-state index is 12.8. The summed E-state index contributed by atoms with van der Waals surface area (Å²) < 4.78 is 43.8. The van der Waals surface area contributed by atoms with Gasteiger partial charge in [0.15, 0.2) is 0 Å². The van der Waals surface area contributed by atoms with E-state index in [0.29, 0.717) is 16.4 Å². The minimum atomic E-state index is -4.44. The first-order valence-electron chi connectivity index (χ1n) is 7.79. The minimum absolute atomic E-state index is 0.0763. The molecule has 0 aliphatic rings. The van der Waals surface area contributed by atoms with Crippen molar-refractivity contribution in [2.45, 2.75) is 26.1 Å². The fraction of sp³-hybridized carbons (Fsp3) is 0.211. The number of benzene rings is 2. The third-order valence-electron chi connectivity index (χ3n) is 3.53. The second kappa shape index (κ2) is 8.05. The first-order valence-corrected chi connectivity index (χ1v) is 7.79. The highest BCUT2D eigenvalue weighted by Crippen LogP contribution is 2.32. The molecule has 2 aromatic carbocycles. The molecule has 0 spiro atoms. The van der Waals surface area contributed by atoms with E-state index in [9.17, 15) is 23.2 Å². The Kier molecular flexibility index (Phi) is 6.05. The lowest BCUT2D eigenvalue weighted by molar-refractivity contribution is -0.167. The minimum Gasteiger partial charge on any atom is -0.457 e. The van der Waals surface area contributed by atoms with Crippen LogP contribution >= 0.6 is 0 Å². The summed E-state index contributed by atoms with van der Waals surface area (Å²) in [5.41, 5.74) is -0.0783. The van der Waals surface area contributed by atoms with E-state index in [2.05, 4.69) is 0 Å². The van der Waals surface area contributed by atoms with Crippen LogP contribution in [0.1, 0.15) is 25.0 Å². The average molecular weight is 365 g/mol. The van der Waals surface area contributed by atoms with Crippen LogP contribution in [-0.4, -0.2) is 22.2 Å². The molecule has 1 unspecified atom stereocenters. The van der Waals surface area contributed by atoms with Crippen LogP contribution in [0, 0.1) is 0 Å².